The van der Waals surface area contributed by atoms with E-state index in [-0.39, 0.29) is 11.9 Å². The number of aromatic nitrogens is 4. The third-order valence-electron chi connectivity index (χ3n) is 4.83. The van der Waals surface area contributed by atoms with Crippen LogP contribution in [0, 0.1) is 5.82 Å². The van der Waals surface area contributed by atoms with Crippen molar-refractivity contribution in [2.24, 2.45) is 7.05 Å². The highest BCUT2D eigenvalue weighted by Gasteiger charge is 2.24. The maximum absolute atomic E-state index is 13.3. The van der Waals surface area contributed by atoms with E-state index in [0.717, 1.165) is 35.5 Å². The van der Waals surface area contributed by atoms with E-state index in [4.69, 9.17) is 0 Å². The molecule has 4 rings (SSSR count). The molecule has 1 unspecified atom stereocenters. The number of nitrogens with zero attached hydrogens (tertiary/aromatic N) is 5. The Morgan fingerprint density at radius 2 is 1.92 bits per heavy atom. The highest BCUT2D eigenvalue weighted by atomic mass is 19.1. The van der Waals surface area contributed by atoms with Crippen molar-refractivity contribution in [2.45, 2.75) is 18.9 Å². The number of anilines is 1. The van der Waals surface area contributed by atoms with Crippen molar-refractivity contribution in [1.82, 2.24) is 24.6 Å². The first-order valence-electron chi connectivity index (χ1n) is 8.58. The molecule has 25 heavy (non-hydrogen) atoms. The van der Waals surface area contributed by atoms with Gasteiger partial charge in [0.25, 0.3) is 0 Å². The molecule has 7 heteroatoms. The van der Waals surface area contributed by atoms with Gasteiger partial charge < -0.3 is 5.32 Å². The molecule has 130 valence electrons. The Kier molecular flexibility index (Phi) is 4.31. The van der Waals surface area contributed by atoms with Crippen LogP contribution in [0.2, 0.25) is 0 Å². The average molecular weight is 340 g/mol. The molecule has 1 aliphatic rings. The minimum Gasteiger partial charge on any atom is -0.367 e. The Morgan fingerprint density at radius 1 is 1.16 bits per heavy atom. The Balaban J connectivity index is 1.58. The van der Waals surface area contributed by atoms with Crippen LogP contribution in [0.25, 0.3) is 11.0 Å². The van der Waals surface area contributed by atoms with Gasteiger partial charge in [-0.05, 0) is 43.6 Å². The lowest BCUT2D eigenvalue weighted by molar-refractivity contribution is 0.256. The monoisotopic (exact) mass is 340 g/mol. The van der Waals surface area contributed by atoms with Crippen LogP contribution in [0.4, 0.5) is 10.2 Å². The molecule has 0 radical (unpaired) electrons. The normalized spacial score (nSPS) is 16.4. The SMILES string of the molecule is Cn1ncc2c(NCC(c3ccc(F)cc3)N3CCCC3)ncnc21. The highest BCUT2D eigenvalue weighted by molar-refractivity contribution is 5.85. The summed E-state index contributed by atoms with van der Waals surface area (Å²) >= 11 is 0. The number of rotatable bonds is 5. The van der Waals surface area contributed by atoms with E-state index in [9.17, 15) is 4.39 Å². The second kappa shape index (κ2) is 6.76. The van der Waals surface area contributed by atoms with Crippen LogP contribution in [0.1, 0.15) is 24.4 Å². The van der Waals surface area contributed by atoms with Gasteiger partial charge in [-0.15, -0.1) is 0 Å². The van der Waals surface area contributed by atoms with Crippen LogP contribution < -0.4 is 5.32 Å². The molecule has 1 atom stereocenters. The van der Waals surface area contributed by atoms with Gasteiger partial charge in [0.05, 0.1) is 17.6 Å². The van der Waals surface area contributed by atoms with E-state index < -0.39 is 0 Å². The molecule has 3 heterocycles. The molecule has 6 nitrogen and oxygen atoms in total. The predicted octanol–water partition coefficient (Wildman–Crippen LogP) is 2.75. The summed E-state index contributed by atoms with van der Waals surface area (Å²) in [4.78, 5) is 11.1. The minimum absolute atomic E-state index is 0.185. The van der Waals surface area contributed by atoms with Crippen molar-refractivity contribution in [3.8, 4) is 0 Å². The topological polar surface area (TPSA) is 58.9 Å². The second-order valence-electron chi connectivity index (χ2n) is 6.42. The summed E-state index contributed by atoms with van der Waals surface area (Å²) in [6.07, 6.45) is 5.74. The van der Waals surface area contributed by atoms with Crippen LogP contribution in [-0.4, -0.2) is 44.3 Å². The highest BCUT2D eigenvalue weighted by Crippen LogP contribution is 2.27. The number of hydrogen-bond donors (Lipinski definition) is 1. The molecular formula is C18H21FN6. The summed E-state index contributed by atoms with van der Waals surface area (Å²) in [5.74, 6) is 0.578. The zero-order valence-electron chi connectivity index (χ0n) is 14.2. The first-order valence-corrected chi connectivity index (χ1v) is 8.58. The summed E-state index contributed by atoms with van der Waals surface area (Å²) < 4.78 is 15.0. The van der Waals surface area contributed by atoms with Crippen molar-refractivity contribution in [2.75, 3.05) is 25.0 Å². The standard InChI is InChI=1S/C18H21FN6/c1-24-18-15(10-23-24)17(21-12-22-18)20-11-16(25-8-2-3-9-25)13-4-6-14(19)7-5-13/h4-7,10,12,16H,2-3,8-9,11H2,1H3,(H,20,21,22). The van der Waals surface area contributed by atoms with Gasteiger partial charge in [0.1, 0.15) is 18.0 Å². The lowest BCUT2D eigenvalue weighted by Gasteiger charge is -2.28. The number of nitrogens with one attached hydrogen (secondary N) is 1. The van der Waals surface area contributed by atoms with E-state index in [1.54, 1.807) is 17.2 Å². The second-order valence-corrected chi connectivity index (χ2v) is 6.42. The fraction of sp³-hybridized carbons (Fsp3) is 0.389. The molecule has 2 aromatic heterocycles. The molecule has 1 aromatic carbocycles. The molecule has 1 aliphatic heterocycles. The fourth-order valence-corrected chi connectivity index (χ4v) is 3.49. The molecule has 0 aliphatic carbocycles. The van der Waals surface area contributed by atoms with Crippen LogP contribution >= 0.6 is 0 Å². The Hall–Kier alpha value is -2.54. The largest absolute Gasteiger partial charge is 0.367 e. The van der Waals surface area contributed by atoms with Gasteiger partial charge in [0.15, 0.2) is 5.65 Å². The van der Waals surface area contributed by atoms with Crippen molar-refractivity contribution < 1.29 is 4.39 Å². The van der Waals surface area contributed by atoms with Gasteiger partial charge in [-0.1, -0.05) is 12.1 Å². The Morgan fingerprint density at radius 3 is 2.68 bits per heavy atom. The summed E-state index contributed by atoms with van der Waals surface area (Å²) in [6, 6.07) is 6.99. The van der Waals surface area contributed by atoms with Crippen LogP contribution in [0.15, 0.2) is 36.8 Å². The van der Waals surface area contributed by atoms with Gasteiger partial charge in [-0.25, -0.2) is 14.4 Å². The minimum atomic E-state index is -0.204. The van der Waals surface area contributed by atoms with Crippen molar-refractivity contribution in [1.29, 1.82) is 0 Å². The molecule has 0 amide bonds. The maximum atomic E-state index is 13.3. The maximum Gasteiger partial charge on any atom is 0.163 e. The number of fused-ring (bicyclic) bond motifs is 1. The molecule has 1 fully saturated rings. The van der Waals surface area contributed by atoms with Crippen molar-refractivity contribution >= 4 is 16.9 Å². The molecule has 3 aromatic rings. The molecule has 0 bridgehead atoms. The summed E-state index contributed by atoms with van der Waals surface area (Å²) in [5, 5.41) is 8.61. The van der Waals surface area contributed by atoms with Crippen LogP contribution in [0.5, 0.6) is 0 Å². The van der Waals surface area contributed by atoms with E-state index >= 15 is 0 Å². The average Bonchev–Trinajstić information content (AvgIpc) is 3.28. The van der Waals surface area contributed by atoms with Crippen LogP contribution in [-0.2, 0) is 7.05 Å². The predicted molar refractivity (Wildman–Crippen MR) is 94.7 cm³/mol. The number of aryl methyl sites for hydroxylation is 1. The number of likely N-dealkylation sites (tertiary alicyclic amines) is 1. The van der Waals surface area contributed by atoms with Crippen molar-refractivity contribution in [3.05, 3.63) is 48.2 Å². The number of hydrogen-bond acceptors (Lipinski definition) is 5. The Labute approximate surface area is 145 Å². The fourth-order valence-electron chi connectivity index (χ4n) is 3.49. The van der Waals surface area contributed by atoms with E-state index in [1.165, 1.54) is 25.0 Å². The van der Waals surface area contributed by atoms with Gasteiger partial charge in [0.2, 0.25) is 0 Å². The summed E-state index contributed by atoms with van der Waals surface area (Å²) in [6.45, 7) is 2.83. The number of halogens is 1. The quantitative estimate of drug-likeness (QED) is 0.774. The molecule has 1 N–H and O–H groups in total. The van der Waals surface area contributed by atoms with Gasteiger partial charge in [-0.2, -0.15) is 5.10 Å². The van der Waals surface area contributed by atoms with Gasteiger partial charge in [-0.3, -0.25) is 9.58 Å². The molecule has 0 spiro atoms. The lowest BCUT2D eigenvalue weighted by atomic mass is 10.1. The first-order chi connectivity index (χ1) is 12.2. The molecule has 0 saturated carbocycles. The first kappa shape index (κ1) is 16.0. The number of benzene rings is 1. The van der Waals surface area contributed by atoms with Gasteiger partial charge in [0, 0.05) is 13.6 Å². The lowest BCUT2D eigenvalue weighted by Crippen LogP contribution is -2.31. The summed E-state index contributed by atoms with van der Waals surface area (Å²) in [5.41, 5.74) is 1.92. The van der Waals surface area contributed by atoms with Crippen molar-refractivity contribution in [3.63, 3.8) is 0 Å². The molecule has 1 saturated heterocycles. The smallest absolute Gasteiger partial charge is 0.163 e. The summed E-state index contributed by atoms with van der Waals surface area (Å²) in [7, 11) is 1.87. The van der Waals surface area contributed by atoms with E-state index in [2.05, 4.69) is 25.3 Å². The zero-order chi connectivity index (χ0) is 17.2. The van der Waals surface area contributed by atoms with E-state index in [0.29, 0.717) is 6.54 Å². The third kappa shape index (κ3) is 3.19. The Bertz CT molecular complexity index is 854. The third-order valence-corrected chi connectivity index (χ3v) is 4.83. The van der Waals surface area contributed by atoms with Gasteiger partial charge >= 0.3 is 0 Å². The van der Waals surface area contributed by atoms with E-state index in [1.807, 2.05) is 19.2 Å². The molecular weight excluding hydrogens is 319 g/mol. The zero-order valence-corrected chi connectivity index (χ0v) is 14.2. The van der Waals surface area contributed by atoms with Crippen LogP contribution in [0.3, 0.4) is 0 Å².